The summed E-state index contributed by atoms with van der Waals surface area (Å²) in [6.07, 6.45) is 8.87. The molecule has 2 atom stereocenters. The first kappa shape index (κ1) is 15.1. The van der Waals surface area contributed by atoms with Crippen LogP contribution in [0.4, 0.5) is 0 Å². The molecule has 2 nitrogen and oxygen atoms in total. The maximum Gasteiger partial charge on any atom is 0.0685 e. The fourth-order valence-corrected chi connectivity index (χ4v) is 4.26. The molecule has 116 valence electrons. The fourth-order valence-electron chi connectivity index (χ4n) is 4.26. The number of aryl methyl sites for hydroxylation is 1. The molecule has 0 radical (unpaired) electrons. The Balaban J connectivity index is 1.66. The summed E-state index contributed by atoms with van der Waals surface area (Å²) in [5.41, 5.74) is 3.02. The lowest BCUT2D eigenvalue weighted by molar-refractivity contribution is -0.0975. The molecule has 3 rings (SSSR count). The summed E-state index contributed by atoms with van der Waals surface area (Å²) >= 11 is 0. The van der Waals surface area contributed by atoms with Crippen LogP contribution in [0.15, 0.2) is 24.3 Å². The van der Waals surface area contributed by atoms with Crippen LogP contribution < -0.4 is 5.32 Å². The number of nitrogens with one attached hydrogen (secondary N) is 1. The highest BCUT2D eigenvalue weighted by Gasteiger charge is 2.41. The van der Waals surface area contributed by atoms with Crippen molar-refractivity contribution in [3.05, 3.63) is 35.4 Å². The molecule has 0 bridgehead atoms. The van der Waals surface area contributed by atoms with E-state index in [0.717, 1.165) is 18.9 Å². The zero-order valence-electron chi connectivity index (χ0n) is 13.5. The predicted octanol–water partition coefficient (Wildman–Crippen LogP) is 3.86. The summed E-state index contributed by atoms with van der Waals surface area (Å²) in [6.45, 7) is 3.11. The van der Waals surface area contributed by atoms with Gasteiger partial charge in [-0.1, -0.05) is 42.7 Å². The first-order valence-electron chi connectivity index (χ1n) is 8.58. The summed E-state index contributed by atoms with van der Waals surface area (Å²) in [5.74, 6) is 0.753. The summed E-state index contributed by atoms with van der Waals surface area (Å²) in [4.78, 5) is 0. The van der Waals surface area contributed by atoms with E-state index in [0.29, 0.717) is 6.04 Å². The Bertz CT molecular complexity index is 447. The highest BCUT2D eigenvalue weighted by molar-refractivity contribution is 5.22. The maximum absolute atomic E-state index is 6.19. The quantitative estimate of drug-likeness (QED) is 0.908. The third-order valence-corrected chi connectivity index (χ3v) is 5.56. The molecular weight excluding hydrogens is 258 g/mol. The molecule has 0 aromatic heterocycles. The van der Waals surface area contributed by atoms with Gasteiger partial charge in [-0.3, -0.25) is 0 Å². The molecular formula is C19H29NO. The topological polar surface area (TPSA) is 21.3 Å². The fraction of sp³-hybridized carbons (Fsp3) is 0.684. The van der Waals surface area contributed by atoms with Gasteiger partial charge in [0, 0.05) is 12.6 Å². The minimum Gasteiger partial charge on any atom is -0.375 e. The molecule has 2 fully saturated rings. The highest BCUT2D eigenvalue weighted by atomic mass is 16.5. The SMILES string of the molecule is CNC(Cc1ccc(C)cc1)C1CCOC2(CCCC2)C1. The molecule has 1 N–H and O–H groups in total. The van der Waals surface area contributed by atoms with E-state index in [9.17, 15) is 0 Å². The second kappa shape index (κ2) is 6.50. The maximum atomic E-state index is 6.19. The molecule has 1 heterocycles. The zero-order chi connectivity index (χ0) is 14.7. The van der Waals surface area contributed by atoms with Crippen molar-refractivity contribution in [1.82, 2.24) is 5.32 Å². The molecule has 1 aliphatic carbocycles. The molecule has 1 saturated heterocycles. The van der Waals surface area contributed by atoms with Gasteiger partial charge in [0.05, 0.1) is 5.60 Å². The lowest BCUT2D eigenvalue weighted by Gasteiger charge is -2.41. The van der Waals surface area contributed by atoms with Crippen molar-refractivity contribution in [3.63, 3.8) is 0 Å². The molecule has 1 aromatic rings. The number of hydrogen-bond acceptors (Lipinski definition) is 2. The number of ether oxygens (including phenoxy) is 1. The first-order chi connectivity index (χ1) is 10.2. The van der Waals surface area contributed by atoms with Crippen molar-refractivity contribution in [1.29, 1.82) is 0 Å². The van der Waals surface area contributed by atoms with Gasteiger partial charge < -0.3 is 10.1 Å². The largest absolute Gasteiger partial charge is 0.375 e. The molecule has 1 spiro atoms. The molecule has 2 aliphatic rings. The Morgan fingerprint density at radius 2 is 1.95 bits per heavy atom. The van der Waals surface area contributed by atoms with Crippen LogP contribution in [-0.2, 0) is 11.2 Å². The lowest BCUT2D eigenvalue weighted by atomic mass is 9.79. The Labute approximate surface area is 129 Å². The normalized spacial score (nSPS) is 26.1. The standard InChI is InChI=1S/C19H29NO/c1-15-5-7-16(8-6-15)13-18(20-2)17-9-12-21-19(14-17)10-3-4-11-19/h5-8,17-18,20H,3-4,9-14H2,1-2H3. The summed E-state index contributed by atoms with van der Waals surface area (Å²) in [7, 11) is 2.12. The first-order valence-corrected chi connectivity index (χ1v) is 8.58. The van der Waals surface area contributed by atoms with Crippen LogP contribution in [0.3, 0.4) is 0 Å². The number of rotatable bonds is 4. The van der Waals surface area contributed by atoms with Gasteiger partial charge in [0.25, 0.3) is 0 Å². The lowest BCUT2D eigenvalue weighted by Crippen LogP contribution is -2.45. The van der Waals surface area contributed by atoms with Crippen molar-refractivity contribution in [2.75, 3.05) is 13.7 Å². The molecule has 2 unspecified atom stereocenters. The average molecular weight is 287 g/mol. The van der Waals surface area contributed by atoms with Gasteiger partial charge in [-0.05, 0) is 57.6 Å². The summed E-state index contributed by atoms with van der Waals surface area (Å²) in [5, 5.41) is 3.59. The Morgan fingerprint density at radius 3 is 2.62 bits per heavy atom. The minimum absolute atomic E-state index is 0.227. The van der Waals surface area contributed by atoms with Gasteiger partial charge in [0.1, 0.15) is 0 Å². The predicted molar refractivity (Wildman–Crippen MR) is 87.6 cm³/mol. The number of likely N-dealkylation sites (N-methyl/N-ethyl adjacent to an activating group) is 1. The monoisotopic (exact) mass is 287 g/mol. The Hall–Kier alpha value is -0.860. The highest BCUT2D eigenvalue weighted by Crippen LogP contribution is 2.43. The van der Waals surface area contributed by atoms with Gasteiger partial charge in [-0.15, -0.1) is 0 Å². The molecule has 1 aromatic carbocycles. The van der Waals surface area contributed by atoms with Crippen molar-refractivity contribution >= 4 is 0 Å². The van der Waals surface area contributed by atoms with E-state index in [-0.39, 0.29) is 5.60 Å². The molecule has 21 heavy (non-hydrogen) atoms. The van der Waals surface area contributed by atoms with E-state index >= 15 is 0 Å². The van der Waals surface area contributed by atoms with Crippen LogP contribution in [0.2, 0.25) is 0 Å². The van der Waals surface area contributed by atoms with Gasteiger partial charge >= 0.3 is 0 Å². The van der Waals surface area contributed by atoms with Gasteiger partial charge in [-0.25, -0.2) is 0 Å². The van der Waals surface area contributed by atoms with Crippen molar-refractivity contribution in [2.45, 2.75) is 63.5 Å². The van der Waals surface area contributed by atoms with Crippen LogP contribution >= 0.6 is 0 Å². The summed E-state index contributed by atoms with van der Waals surface area (Å²) in [6, 6.07) is 9.60. The molecule has 0 amide bonds. The van der Waals surface area contributed by atoms with Gasteiger partial charge in [-0.2, -0.15) is 0 Å². The molecule has 2 heteroatoms. The third-order valence-electron chi connectivity index (χ3n) is 5.56. The number of benzene rings is 1. The summed E-state index contributed by atoms with van der Waals surface area (Å²) < 4.78 is 6.19. The van der Waals surface area contributed by atoms with Gasteiger partial charge in [0.15, 0.2) is 0 Å². The van der Waals surface area contributed by atoms with E-state index in [2.05, 4.69) is 43.6 Å². The van der Waals surface area contributed by atoms with E-state index in [1.807, 2.05) is 0 Å². The minimum atomic E-state index is 0.227. The molecule has 1 aliphatic heterocycles. The Kier molecular flexibility index (Phi) is 4.66. The number of hydrogen-bond donors (Lipinski definition) is 1. The molecule has 1 saturated carbocycles. The van der Waals surface area contributed by atoms with Crippen LogP contribution in [-0.4, -0.2) is 25.3 Å². The van der Waals surface area contributed by atoms with Crippen LogP contribution in [0.1, 0.15) is 49.7 Å². The second-order valence-corrected chi connectivity index (χ2v) is 7.08. The smallest absolute Gasteiger partial charge is 0.0685 e. The van der Waals surface area contributed by atoms with Gasteiger partial charge in [0.2, 0.25) is 0 Å². The van der Waals surface area contributed by atoms with Crippen molar-refractivity contribution in [3.8, 4) is 0 Å². The van der Waals surface area contributed by atoms with Crippen molar-refractivity contribution < 1.29 is 4.74 Å². The second-order valence-electron chi connectivity index (χ2n) is 7.08. The average Bonchev–Trinajstić information content (AvgIpc) is 2.94. The zero-order valence-corrected chi connectivity index (χ0v) is 13.5. The van der Waals surface area contributed by atoms with Crippen LogP contribution in [0.25, 0.3) is 0 Å². The van der Waals surface area contributed by atoms with E-state index in [1.165, 1.54) is 49.7 Å². The Morgan fingerprint density at radius 1 is 1.24 bits per heavy atom. The van der Waals surface area contributed by atoms with Crippen molar-refractivity contribution in [2.24, 2.45) is 5.92 Å². The van der Waals surface area contributed by atoms with E-state index < -0.39 is 0 Å². The van der Waals surface area contributed by atoms with E-state index in [4.69, 9.17) is 4.74 Å². The van der Waals surface area contributed by atoms with Crippen LogP contribution in [0, 0.1) is 12.8 Å². The third kappa shape index (κ3) is 3.49. The van der Waals surface area contributed by atoms with E-state index in [1.54, 1.807) is 0 Å². The van der Waals surface area contributed by atoms with Crippen LogP contribution in [0.5, 0.6) is 0 Å².